The van der Waals surface area contributed by atoms with Crippen LogP contribution in [0.4, 0.5) is 5.69 Å². The molecule has 118 valence electrons. The third-order valence-corrected chi connectivity index (χ3v) is 4.73. The highest BCUT2D eigenvalue weighted by Crippen LogP contribution is 2.17. The van der Waals surface area contributed by atoms with Gasteiger partial charge in [0.25, 0.3) is 5.69 Å². The monoisotopic (exact) mass is 340 g/mol. The predicted octanol–water partition coefficient (Wildman–Crippen LogP) is 2.52. The summed E-state index contributed by atoms with van der Waals surface area (Å²) in [5, 5.41) is 10.7. The minimum atomic E-state index is -0.501. The Morgan fingerprint density at radius 1 is 1.41 bits per heavy atom. The van der Waals surface area contributed by atoms with Crippen LogP contribution in [0.1, 0.15) is 16.8 Å². The van der Waals surface area contributed by atoms with E-state index in [0.717, 1.165) is 17.4 Å². The van der Waals surface area contributed by atoms with Crippen molar-refractivity contribution in [2.24, 2.45) is 0 Å². The zero-order valence-corrected chi connectivity index (χ0v) is 13.5. The first-order valence-corrected chi connectivity index (χ1v) is 8.24. The molecule has 0 amide bonds. The molecule has 0 unspecified atom stereocenters. The molecule has 0 aromatic heterocycles. The van der Waals surface area contributed by atoms with Crippen molar-refractivity contribution >= 4 is 39.8 Å². The van der Waals surface area contributed by atoms with Gasteiger partial charge in [0.05, 0.1) is 18.1 Å². The minimum Gasteiger partial charge on any atom is -0.378 e. The maximum Gasteiger partial charge on any atom is 0.270 e. The van der Waals surface area contributed by atoms with E-state index in [1.165, 1.54) is 30.0 Å². The lowest BCUT2D eigenvalue weighted by Gasteiger charge is -2.28. The predicted molar refractivity (Wildman–Crippen MR) is 89.5 cm³/mol. The van der Waals surface area contributed by atoms with E-state index in [-0.39, 0.29) is 11.5 Å². The zero-order valence-electron chi connectivity index (χ0n) is 11.9. The number of ketones is 1. The molecule has 1 saturated heterocycles. The Hall–Kier alpha value is -1.51. The molecule has 0 spiro atoms. The Balaban J connectivity index is 1.81. The van der Waals surface area contributed by atoms with Crippen molar-refractivity contribution in [3.63, 3.8) is 0 Å². The molecular formula is C14H16N2O4S2. The SMILES string of the molecule is O=C(CCSC(=S)N1CCOCC1)c1cccc([N+](=O)[O-])c1. The van der Waals surface area contributed by atoms with Crippen LogP contribution in [0.5, 0.6) is 0 Å². The number of hydrogen-bond acceptors (Lipinski definition) is 6. The Bertz CT molecular complexity index is 574. The van der Waals surface area contributed by atoms with Crippen molar-refractivity contribution in [3.8, 4) is 0 Å². The highest BCUT2D eigenvalue weighted by atomic mass is 32.2. The van der Waals surface area contributed by atoms with E-state index in [9.17, 15) is 14.9 Å². The van der Waals surface area contributed by atoms with Crippen molar-refractivity contribution in [1.29, 1.82) is 0 Å². The Morgan fingerprint density at radius 2 is 2.14 bits per heavy atom. The number of nitro benzene ring substituents is 1. The molecular weight excluding hydrogens is 324 g/mol. The van der Waals surface area contributed by atoms with E-state index in [1.54, 1.807) is 6.07 Å². The van der Waals surface area contributed by atoms with Crippen molar-refractivity contribution in [2.45, 2.75) is 6.42 Å². The second-order valence-electron chi connectivity index (χ2n) is 4.69. The lowest BCUT2D eigenvalue weighted by molar-refractivity contribution is -0.384. The average Bonchev–Trinajstić information content (AvgIpc) is 2.55. The number of thioether (sulfide) groups is 1. The number of carbonyl (C=O) groups excluding carboxylic acids is 1. The van der Waals surface area contributed by atoms with Gasteiger partial charge < -0.3 is 9.64 Å². The number of non-ortho nitro benzene ring substituents is 1. The summed E-state index contributed by atoms with van der Waals surface area (Å²) < 4.78 is 6.03. The number of benzene rings is 1. The van der Waals surface area contributed by atoms with Crippen LogP contribution < -0.4 is 0 Å². The number of nitro groups is 1. The number of nitrogens with zero attached hydrogens (tertiary/aromatic N) is 2. The van der Waals surface area contributed by atoms with Crippen LogP contribution in [0.2, 0.25) is 0 Å². The first-order chi connectivity index (χ1) is 10.6. The number of hydrogen-bond donors (Lipinski definition) is 0. The van der Waals surface area contributed by atoms with Gasteiger partial charge >= 0.3 is 0 Å². The van der Waals surface area contributed by atoms with Crippen molar-refractivity contribution < 1.29 is 14.5 Å². The molecule has 0 saturated carbocycles. The number of Topliss-reactive ketones (excluding diaryl/α,β-unsaturated/α-hetero) is 1. The molecule has 0 atom stereocenters. The standard InChI is InChI=1S/C14H16N2O4S2/c17-13(11-2-1-3-12(10-11)16(18)19)4-9-22-14(21)15-5-7-20-8-6-15/h1-3,10H,4-9H2. The second kappa shape index (κ2) is 8.21. The van der Waals surface area contributed by atoms with Crippen LogP contribution in [0, 0.1) is 10.1 Å². The van der Waals surface area contributed by atoms with Crippen LogP contribution >= 0.6 is 24.0 Å². The van der Waals surface area contributed by atoms with E-state index in [2.05, 4.69) is 4.90 Å². The van der Waals surface area contributed by atoms with Crippen molar-refractivity contribution in [1.82, 2.24) is 4.90 Å². The molecule has 8 heteroatoms. The molecule has 6 nitrogen and oxygen atoms in total. The molecule has 2 rings (SSSR count). The average molecular weight is 340 g/mol. The molecule has 0 N–H and O–H groups in total. The van der Waals surface area contributed by atoms with Crippen LogP contribution in [-0.2, 0) is 4.74 Å². The van der Waals surface area contributed by atoms with E-state index in [4.69, 9.17) is 17.0 Å². The molecule has 1 aliphatic rings. The molecule has 1 aromatic rings. The van der Waals surface area contributed by atoms with Gasteiger partial charge in [0.1, 0.15) is 4.32 Å². The van der Waals surface area contributed by atoms with Gasteiger partial charge in [-0.25, -0.2) is 0 Å². The van der Waals surface area contributed by atoms with Gasteiger partial charge in [0, 0.05) is 43.0 Å². The molecule has 0 bridgehead atoms. The topological polar surface area (TPSA) is 72.7 Å². The van der Waals surface area contributed by atoms with E-state index in [0.29, 0.717) is 31.0 Å². The minimum absolute atomic E-state index is 0.0673. The summed E-state index contributed by atoms with van der Waals surface area (Å²) in [7, 11) is 0. The van der Waals surface area contributed by atoms with Crippen LogP contribution in [0.15, 0.2) is 24.3 Å². The first-order valence-electron chi connectivity index (χ1n) is 6.85. The summed E-state index contributed by atoms with van der Waals surface area (Å²) in [5.74, 6) is 0.457. The highest BCUT2D eigenvalue weighted by molar-refractivity contribution is 8.22. The van der Waals surface area contributed by atoms with E-state index in [1.807, 2.05) is 0 Å². The highest BCUT2D eigenvalue weighted by Gasteiger charge is 2.15. The van der Waals surface area contributed by atoms with Crippen LogP contribution in [0.25, 0.3) is 0 Å². The fourth-order valence-corrected chi connectivity index (χ4v) is 3.27. The summed E-state index contributed by atoms with van der Waals surface area (Å²) in [6, 6.07) is 5.81. The third kappa shape index (κ3) is 4.75. The van der Waals surface area contributed by atoms with Crippen LogP contribution in [0.3, 0.4) is 0 Å². The third-order valence-electron chi connectivity index (χ3n) is 3.20. The molecule has 22 heavy (non-hydrogen) atoms. The molecule has 0 aliphatic carbocycles. The van der Waals surface area contributed by atoms with Crippen molar-refractivity contribution in [2.75, 3.05) is 32.1 Å². The second-order valence-corrected chi connectivity index (χ2v) is 6.42. The zero-order chi connectivity index (χ0) is 15.9. The van der Waals surface area contributed by atoms with E-state index >= 15 is 0 Å². The molecule has 1 aromatic carbocycles. The fourth-order valence-electron chi connectivity index (χ4n) is 2.01. The Morgan fingerprint density at radius 3 is 2.82 bits per heavy atom. The summed E-state index contributed by atoms with van der Waals surface area (Å²) >= 11 is 6.79. The molecule has 1 aliphatic heterocycles. The number of thiocarbonyl (C=S) groups is 1. The quantitative estimate of drug-likeness (QED) is 0.353. The van der Waals surface area contributed by atoms with Gasteiger partial charge in [-0.2, -0.15) is 0 Å². The summed E-state index contributed by atoms with van der Waals surface area (Å²) in [6.07, 6.45) is 0.302. The van der Waals surface area contributed by atoms with Gasteiger partial charge in [-0.3, -0.25) is 14.9 Å². The van der Waals surface area contributed by atoms with Gasteiger partial charge in [-0.15, -0.1) is 0 Å². The summed E-state index contributed by atoms with van der Waals surface area (Å²) in [6.45, 7) is 2.91. The van der Waals surface area contributed by atoms with Crippen molar-refractivity contribution in [3.05, 3.63) is 39.9 Å². The van der Waals surface area contributed by atoms with Gasteiger partial charge in [0.2, 0.25) is 0 Å². The number of ether oxygens (including phenoxy) is 1. The Kier molecular flexibility index (Phi) is 6.29. The van der Waals surface area contributed by atoms with E-state index < -0.39 is 4.92 Å². The van der Waals surface area contributed by atoms with Gasteiger partial charge in [0.15, 0.2) is 5.78 Å². The lowest BCUT2D eigenvalue weighted by Crippen LogP contribution is -2.38. The largest absolute Gasteiger partial charge is 0.378 e. The number of morpholine rings is 1. The molecule has 0 radical (unpaired) electrons. The lowest BCUT2D eigenvalue weighted by atomic mass is 10.1. The van der Waals surface area contributed by atoms with Crippen LogP contribution in [-0.4, -0.2) is 52.0 Å². The summed E-state index contributed by atoms with van der Waals surface area (Å²) in [5.41, 5.74) is 0.300. The normalized spacial score (nSPS) is 14.6. The maximum absolute atomic E-state index is 12.1. The Labute approximate surface area is 138 Å². The molecule has 1 fully saturated rings. The summed E-state index contributed by atoms with van der Waals surface area (Å²) in [4.78, 5) is 24.3. The fraction of sp³-hybridized carbons (Fsp3) is 0.429. The number of rotatable bonds is 5. The van der Waals surface area contributed by atoms with Gasteiger partial charge in [-0.05, 0) is 0 Å². The maximum atomic E-state index is 12.1. The number of carbonyl (C=O) groups is 1. The van der Waals surface area contributed by atoms with Gasteiger partial charge in [-0.1, -0.05) is 36.1 Å². The first kappa shape index (κ1) is 16.9. The smallest absolute Gasteiger partial charge is 0.270 e. The molecule has 1 heterocycles.